The first-order valence-electron chi connectivity index (χ1n) is 18.1. The minimum Gasteiger partial charge on any atom is -0.455 e. The van der Waals surface area contributed by atoms with Crippen molar-refractivity contribution in [2.45, 2.75) is 0 Å². The van der Waals surface area contributed by atoms with Crippen LogP contribution in [0, 0.1) is 0 Å². The molecule has 3 heteroatoms. The lowest BCUT2D eigenvalue weighted by Crippen LogP contribution is -2.04. The van der Waals surface area contributed by atoms with Crippen molar-refractivity contribution in [3.05, 3.63) is 194 Å². The van der Waals surface area contributed by atoms with Gasteiger partial charge in [0, 0.05) is 40.1 Å². The van der Waals surface area contributed by atoms with E-state index < -0.39 is 0 Å². The molecule has 248 valence electrons. The van der Waals surface area contributed by atoms with Gasteiger partial charge in [-0.2, -0.15) is 0 Å². The zero-order valence-corrected chi connectivity index (χ0v) is 28.8. The summed E-state index contributed by atoms with van der Waals surface area (Å²) in [6, 6.07) is 65.5. The summed E-state index contributed by atoms with van der Waals surface area (Å²) in [6.07, 6.45) is 4.37. The molecule has 0 fully saturated rings. The van der Waals surface area contributed by atoms with Crippen molar-refractivity contribution in [3.63, 3.8) is 0 Å². The van der Waals surface area contributed by atoms with Gasteiger partial charge in [-0.05, 0) is 91.1 Å². The number of furan rings is 1. The number of fused-ring (bicyclic) bond motifs is 12. The van der Waals surface area contributed by atoms with Crippen LogP contribution in [0.4, 0.5) is 0 Å². The molecule has 9 aromatic carbocycles. The highest BCUT2D eigenvalue weighted by molar-refractivity contribution is 6.30. The maximum Gasteiger partial charge on any atom is 0.143 e. The standard InChI is InChI=1S/C50H32N2O/c1-3-15-33(16-4-1)51-29-30-52(34-17-5-2-6-18-34)47-32-45-41-25-13-24-40(43-27-14-26-42-38-22-11-12-28-48(38)53-50(42)43)49(41)39-23-10-9-20-36(39)35-19-7-8-21-37(35)44(45)31-46(47)51/h1-32H. The van der Waals surface area contributed by atoms with Crippen LogP contribution in [0.5, 0.6) is 0 Å². The van der Waals surface area contributed by atoms with Crippen LogP contribution in [0.25, 0.3) is 98.6 Å². The summed E-state index contributed by atoms with van der Waals surface area (Å²) in [5.41, 5.74) is 8.50. The summed E-state index contributed by atoms with van der Waals surface area (Å²) in [7, 11) is 0. The minimum atomic E-state index is 0.900. The van der Waals surface area contributed by atoms with E-state index in [1.165, 1.54) is 43.1 Å². The Hall–Kier alpha value is -7.10. The first-order chi connectivity index (χ1) is 26.3. The van der Waals surface area contributed by atoms with Crippen molar-refractivity contribution in [1.29, 1.82) is 0 Å². The van der Waals surface area contributed by atoms with Crippen LogP contribution in [0.15, 0.2) is 199 Å². The molecule has 0 atom stereocenters. The molecule has 11 aromatic rings. The quantitative estimate of drug-likeness (QED) is 0.183. The molecular weight excluding hydrogens is 645 g/mol. The van der Waals surface area contributed by atoms with Crippen LogP contribution in [-0.4, -0.2) is 9.13 Å². The van der Waals surface area contributed by atoms with Gasteiger partial charge in [-0.1, -0.05) is 140 Å². The van der Waals surface area contributed by atoms with Crippen molar-refractivity contribution < 1.29 is 4.42 Å². The predicted octanol–water partition coefficient (Wildman–Crippen LogP) is 13.7. The van der Waals surface area contributed by atoms with Gasteiger partial charge in [0.25, 0.3) is 0 Å². The van der Waals surface area contributed by atoms with E-state index >= 15 is 0 Å². The second-order valence-electron chi connectivity index (χ2n) is 13.7. The molecule has 3 nitrogen and oxygen atoms in total. The van der Waals surface area contributed by atoms with Crippen molar-refractivity contribution in [3.8, 4) is 22.5 Å². The highest BCUT2D eigenvalue weighted by Crippen LogP contribution is 2.44. The summed E-state index contributed by atoms with van der Waals surface area (Å²) in [4.78, 5) is 0. The molecule has 0 N–H and O–H groups in total. The maximum atomic E-state index is 6.67. The van der Waals surface area contributed by atoms with Gasteiger partial charge in [0.05, 0.1) is 11.0 Å². The Kier molecular flexibility index (Phi) is 6.55. The van der Waals surface area contributed by atoms with Crippen molar-refractivity contribution in [1.82, 2.24) is 9.13 Å². The van der Waals surface area contributed by atoms with E-state index in [0.29, 0.717) is 0 Å². The fourth-order valence-electron chi connectivity index (χ4n) is 8.47. The lowest BCUT2D eigenvalue weighted by atomic mass is 9.89. The van der Waals surface area contributed by atoms with Gasteiger partial charge in [-0.25, -0.2) is 0 Å². The molecule has 0 saturated heterocycles. The third-order valence-corrected chi connectivity index (χ3v) is 10.8. The number of benzene rings is 8. The van der Waals surface area contributed by atoms with E-state index in [9.17, 15) is 0 Å². The molecule has 0 amide bonds. The first-order valence-corrected chi connectivity index (χ1v) is 18.1. The van der Waals surface area contributed by atoms with Gasteiger partial charge >= 0.3 is 0 Å². The molecule has 0 aliphatic heterocycles. The Labute approximate surface area is 305 Å². The monoisotopic (exact) mass is 676 g/mol. The molecule has 2 aromatic heterocycles. The van der Waals surface area contributed by atoms with Crippen molar-refractivity contribution >= 4 is 76.1 Å². The van der Waals surface area contributed by atoms with Gasteiger partial charge in [0.1, 0.15) is 11.2 Å². The van der Waals surface area contributed by atoms with Crippen molar-refractivity contribution in [2.24, 2.45) is 0 Å². The molecule has 0 radical (unpaired) electrons. The fourth-order valence-corrected chi connectivity index (χ4v) is 8.47. The average molecular weight is 677 g/mol. The number of aromatic nitrogens is 2. The van der Waals surface area contributed by atoms with Crippen LogP contribution in [0.1, 0.15) is 0 Å². The first kappa shape index (κ1) is 29.6. The van der Waals surface area contributed by atoms with E-state index in [-0.39, 0.29) is 0 Å². The highest BCUT2D eigenvalue weighted by Gasteiger charge is 2.18. The Morgan fingerprint density at radius 1 is 0.321 bits per heavy atom. The molecule has 0 aliphatic carbocycles. The normalized spacial score (nSPS) is 11.8. The number of para-hydroxylation sites is 4. The zero-order chi connectivity index (χ0) is 34.9. The van der Waals surface area contributed by atoms with E-state index in [4.69, 9.17) is 4.42 Å². The Balaban J connectivity index is 1.39. The molecule has 2 heterocycles. The van der Waals surface area contributed by atoms with Crippen LogP contribution >= 0.6 is 0 Å². The van der Waals surface area contributed by atoms with Gasteiger partial charge in [0.15, 0.2) is 0 Å². The van der Waals surface area contributed by atoms with Gasteiger partial charge in [-0.15, -0.1) is 0 Å². The molecule has 0 aliphatic rings. The third kappa shape index (κ3) is 4.54. The van der Waals surface area contributed by atoms with E-state index in [1.807, 2.05) is 6.07 Å². The van der Waals surface area contributed by atoms with Gasteiger partial charge in [-0.3, -0.25) is 0 Å². The Bertz CT molecular complexity index is 3270. The average Bonchev–Trinajstić information content (AvgIpc) is 3.62. The SMILES string of the molecule is c1ccc(-n2ccn(-c3ccccc3)c3cc4c(cc32)c2ccccc2c2ccccc2c2c(-c3cccc5c3oc3ccccc35)cccc42)cc1. The summed E-state index contributed by atoms with van der Waals surface area (Å²) >= 11 is 0. The van der Waals surface area contributed by atoms with Crippen LogP contribution < -0.4 is 0 Å². The Morgan fingerprint density at radius 2 is 0.755 bits per heavy atom. The van der Waals surface area contributed by atoms with Crippen LogP contribution in [0.2, 0.25) is 0 Å². The summed E-state index contributed by atoms with van der Waals surface area (Å²) < 4.78 is 11.3. The van der Waals surface area contributed by atoms with E-state index in [0.717, 1.165) is 55.5 Å². The molecule has 0 bridgehead atoms. The topological polar surface area (TPSA) is 23.0 Å². The van der Waals surface area contributed by atoms with E-state index in [2.05, 4.69) is 197 Å². The molecule has 0 spiro atoms. The number of hydrogen-bond acceptors (Lipinski definition) is 1. The smallest absolute Gasteiger partial charge is 0.143 e. The lowest BCUT2D eigenvalue weighted by Gasteiger charge is -2.19. The molecule has 53 heavy (non-hydrogen) atoms. The second-order valence-corrected chi connectivity index (χ2v) is 13.7. The zero-order valence-electron chi connectivity index (χ0n) is 28.8. The van der Waals surface area contributed by atoms with Crippen LogP contribution in [0.3, 0.4) is 0 Å². The number of hydrogen-bond donors (Lipinski definition) is 0. The predicted molar refractivity (Wildman–Crippen MR) is 223 cm³/mol. The molecule has 0 saturated carbocycles. The number of rotatable bonds is 3. The Morgan fingerprint density at radius 3 is 1.40 bits per heavy atom. The highest BCUT2D eigenvalue weighted by atomic mass is 16.3. The largest absolute Gasteiger partial charge is 0.455 e. The molecular formula is C50H32N2O. The van der Waals surface area contributed by atoms with Crippen molar-refractivity contribution in [2.75, 3.05) is 0 Å². The van der Waals surface area contributed by atoms with Gasteiger partial charge < -0.3 is 13.6 Å². The van der Waals surface area contributed by atoms with E-state index in [1.54, 1.807) is 0 Å². The lowest BCUT2D eigenvalue weighted by molar-refractivity contribution is 0.670. The third-order valence-electron chi connectivity index (χ3n) is 10.8. The molecule has 11 rings (SSSR count). The summed E-state index contributed by atoms with van der Waals surface area (Å²) in [6.45, 7) is 0. The van der Waals surface area contributed by atoms with Gasteiger partial charge in [0.2, 0.25) is 0 Å². The second kappa shape index (κ2) is 11.7. The maximum absolute atomic E-state index is 6.67. The fraction of sp³-hybridized carbons (Fsp3) is 0. The summed E-state index contributed by atoms with van der Waals surface area (Å²) in [5.74, 6) is 0. The minimum absolute atomic E-state index is 0.900. The van der Waals surface area contributed by atoms with Crippen LogP contribution in [-0.2, 0) is 0 Å². The number of nitrogens with zero attached hydrogens (tertiary/aromatic N) is 2. The summed E-state index contributed by atoms with van der Waals surface area (Å²) in [5, 5.41) is 11.9. The molecule has 0 unspecified atom stereocenters.